The molecule has 2 rings (SSSR count). The number of halogens is 2. The highest BCUT2D eigenvalue weighted by atomic mass is 35.5. The van der Waals surface area contributed by atoms with Gasteiger partial charge in [-0.2, -0.15) is 5.26 Å². The highest BCUT2D eigenvalue weighted by molar-refractivity contribution is 6.34. The van der Waals surface area contributed by atoms with E-state index in [0.29, 0.717) is 11.3 Å². The molecule has 0 fully saturated rings. The zero-order valence-electron chi connectivity index (χ0n) is 10.3. The Morgan fingerprint density at radius 1 is 1.35 bits per heavy atom. The van der Waals surface area contributed by atoms with Crippen LogP contribution in [0, 0.1) is 18.3 Å². The Balaban J connectivity index is 2.36. The predicted molar refractivity (Wildman–Crippen MR) is 75.9 cm³/mol. The molecule has 2 aromatic rings. The summed E-state index contributed by atoms with van der Waals surface area (Å²) in [5.41, 5.74) is 1.66. The van der Waals surface area contributed by atoms with Gasteiger partial charge in [0.05, 0.1) is 16.8 Å². The third-order valence-corrected chi connectivity index (χ3v) is 3.06. The van der Waals surface area contributed by atoms with Gasteiger partial charge in [-0.05, 0) is 24.6 Å². The van der Waals surface area contributed by atoms with E-state index in [4.69, 9.17) is 28.5 Å². The summed E-state index contributed by atoms with van der Waals surface area (Å²) in [6.45, 7) is 1.78. The van der Waals surface area contributed by atoms with Crippen LogP contribution >= 0.6 is 23.2 Å². The monoisotopic (exact) mass is 306 g/mol. The lowest BCUT2D eigenvalue weighted by molar-refractivity contribution is 0.102. The summed E-state index contributed by atoms with van der Waals surface area (Å²) in [7, 11) is 0. The van der Waals surface area contributed by atoms with Crippen molar-refractivity contribution in [3.05, 3.63) is 51.3 Å². The lowest BCUT2D eigenvalue weighted by Crippen LogP contribution is -2.14. The van der Waals surface area contributed by atoms with E-state index in [1.54, 1.807) is 25.1 Å². The molecule has 0 aliphatic rings. The Kier molecular flexibility index (Phi) is 4.18. The fourth-order valence-corrected chi connectivity index (χ4v) is 1.95. The Hall–Kier alpha value is -2.16. The molecule has 7 heteroatoms. The highest BCUT2D eigenvalue weighted by Crippen LogP contribution is 2.21. The summed E-state index contributed by atoms with van der Waals surface area (Å²) in [6.07, 6.45) is 0. The van der Waals surface area contributed by atoms with Crippen LogP contribution in [0.4, 0.5) is 5.69 Å². The van der Waals surface area contributed by atoms with Gasteiger partial charge in [-0.25, -0.2) is 0 Å². The molecule has 0 unspecified atom stereocenters. The number of hydrogen-bond acceptors (Lipinski definition) is 4. The third-order valence-electron chi connectivity index (χ3n) is 2.60. The summed E-state index contributed by atoms with van der Waals surface area (Å²) in [5, 5.41) is 18.8. The molecule has 0 saturated heterocycles. The summed E-state index contributed by atoms with van der Waals surface area (Å²) >= 11 is 11.5. The number of amides is 1. The van der Waals surface area contributed by atoms with Gasteiger partial charge < -0.3 is 5.32 Å². The SMILES string of the molecule is Cc1cccc(NC(=O)c2cc(Cl)nnc2Cl)c1C#N. The molecule has 1 aromatic carbocycles. The fraction of sp³-hybridized carbons (Fsp3) is 0.0769. The van der Waals surface area contributed by atoms with Crippen LogP contribution in [0.15, 0.2) is 24.3 Å². The quantitative estimate of drug-likeness (QED) is 0.924. The standard InChI is InChI=1S/C13H8Cl2N4O/c1-7-3-2-4-10(9(7)6-16)17-13(20)8-5-11(14)18-19-12(8)15/h2-5H,1H3,(H,17,20). The molecule has 0 bridgehead atoms. The molecule has 1 N–H and O–H groups in total. The van der Waals surface area contributed by atoms with E-state index < -0.39 is 5.91 Å². The largest absolute Gasteiger partial charge is 0.321 e. The van der Waals surface area contributed by atoms with Crippen molar-refractivity contribution >= 4 is 34.8 Å². The number of nitrogens with one attached hydrogen (secondary N) is 1. The Morgan fingerprint density at radius 2 is 2.10 bits per heavy atom. The minimum Gasteiger partial charge on any atom is -0.321 e. The maximum atomic E-state index is 12.1. The molecule has 20 heavy (non-hydrogen) atoms. The van der Waals surface area contributed by atoms with E-state index in [0.717, 1.165) is 5.56 Å². The summed E-state index contributed by atoms with van der Waals surface area (Å²) < 4.78 is 0. The van der Waals surface area contributed by atoms with E-state index >= 15 is 0 Å². The second-order valence-corrected chi connectivity index (χ2v) is 4.68. The molecular weight excluding hydrogens is 299 g/mol. The fourth-order valence-electron chi connectivity index (χ4n) is 1.62. The van der Waals surface area contributed by atoms with Crippen LogP contribution in [0.3, 0.4) is 0 Å². The third kappa shape index (κ3) is 2.87. The summed E-state index contributed by atoms with van der Waals surface area (Å²) in [4.78, 5) is 12.1. The van der Waals surface area contributed by atoms with Crippen LogP contribution in [0.1, 0.15) is 21.5 Å². The van der Waals surface area contributed by atoms with Crippen LogP contribution in [0.2, 0.25) is 10.3 Å². The van der Waals surface area contributed by atoms with Gasteiger partial charge in [0.1, 0.15) is 6.07 Å². The van der Waals surface area contributed by atoms with Crippen molar-refractivity contribution < 1.29 is 4.79 Å². The van der Waals surface area contributed by atoms with Crippen molar-refractivity contribution in [3.63, 3.8) is 0 Å². The minimum absolute atomic E-state index is 0.0574. The van der Waals surface area contributed by atoms with Crippen molar-refractivity contribution in [1.29, 1.82) is 5.26 Å². The Bertz CT molecular complexity index is 725. The van der Waals surface area contributed by atoms with E-state index in [1.165, 1.54) is 6.07 Å². The molecule has 0 aliphatic heterocycles. The zero-order chi connectivity index (χ0) is 14.7. The highest BCUT2D eigenvalue weighted by Gasteiger charge is 2.15. The molecule has 0 atom stereocenters. The second-order valence-electron chi connectivity index (χ2n) is 3.93. The molecule has 1 aromatic heterocycles. The maximum Gasteiger partial charge on any atom is 0.259 e. The zero-order valence-corrected chi connectivity index (χ0v) is 11.8. The predicted octanol–water partition coefficient (Wildman–Crippen LogP) is 3.22. The molecule has 1 amide bonds. The van der Waals surface area contributed by atoms with Crippen LogP contribution in [-0.4, -0.2) is 16.1 Å². The van der Waals surface area contributed by atoms with Gasteiger partial charge in [-0.1, -0.05) is 35.3 Å². The Morgan fingerprint density at radius 3 is 2.80 bits per heavy atom. The van der Waals surface area contributed by atoms with Crippen LogP contribution in [0.25, 0.3) is 0 Å². The average molecular weight is 307 g/mol. The smallest absolute Gasteiger partial charge is 0.259 e. The second kappa shape index (κ2) is 5.87. The van der Waals surface area contributed by atoms with Gasteiger partial charge in [0.25, 0.3) is 5.91 Å². The maximum absolute atomic E-state index is 12.1. The normalized spacial score (nSPS) is 9.90. The van der Waals surface area contributed by atoms with Crippen LogP contribution < -0.4 is 5.32 Å². The van der Waals surface area contributed by atoms with Gasteiger partial charge in [0.15, 0.2) is 10.3 Å². The number of aryl methyl sites for hydroxylation is 1. The Labute approximate surface area is 125 Å². The van der Waals surface area contributed by atoms with E-state index in [2.05, 4.69) is 15.5 Å². The number of carbonyl (C=O) groups is 1. The van der Waals surface area contributed by atoms with E-state index in [9.17, 15) is 4.79 Å². The van der Waals surface area contributed by atoms with Crippen molar-refractivity contribution in [2.75, 3.05) is 5.32 Å². The first-order valence-electron chi connectivity index (χ1n) is 5.52. The van der Waals surface area contributed by atoms with Gasteiger partial charge in [-0.3, -0.25) is 4.79 Å². The van der Waals surface area contributed by atoms with Gasteiger partial charge in [-0.15, -0.1) is 10.2 Å². The lowest BCUT2D eigenvalue weighted by atomic mass is 10.1. The van der Waals surface area contributed by atoms with Crippen molar-refractivity contribution in [2.24, 2.45) is 0 Å². The van der Waals surface area contributed by atoms with Crippen molar-refractivity contribution in [2.45, 2.75) is 6.92 Å². The number of hydrogen-bond donors (Lipinski definition) is 1. The van der Waals surface area contributed by atoms with Crippen molar-refractivity contribution in [1.82, 2.24) is 10.2 Å². The van der Waals surface area contributed by atoms with Gasteiger partial charge in [0, 0.05) is 0 Å². The number of benzene rings is 1. The molecule has 0 aliphatic carbocycles. The van der Waals surface area contributed by atoms with Crippen LogP contribution in [0.5, 0.6) is 0 Å². The molecule has 0 radical (unpaired) electrons. The first kappa shape index (κ1) is 14.3. The average Bonchev–Trinajstić information content (AvgIpc) is 2.41. The minimum atomic E-state index is -0.506. The first-order chi connectivity index (χ1) is 9.52. The van der Waals surface area contributed by atoms with Gasteiger partial charge in [0.2, 0.25) is 0 Å². The van der Waals surface area contributed by atoms with Crippen LogP contribution in [-0.2, 0) is 0 Å². The summed E-state index contributed by atoms with van der Waals surface area (Å²) in [5.74, 6) is -0.506. The molecular formula is C13H8Cl2N4O. The first-order valence-corrected chi connectivity index (χ1v) is 6.28. The number of rotatable bonds is 2. The lowest BCUT2D eigenvalue weighted by Gasteiger charge is -2.09. The number of anilines is 1. The van der Waals surface area contributed by atoms with Gasteiger partial charge >= 0.3 is 0 Å². The van der Waals surface area contributed by atoms with Crippen molar-refractivity contribution in [3.8, 4) is 6.07 Å². The number of nitriles is 1. The number of aromatic nitrogens is 2. The molecule has 100 valence electrons. The molecule has 0 spiro atoms. The summed E-state index contributed by atoms with van der Waals surface area (Å²) in [6, 6.07) is 8.52. The van der Waals surface area contributed by atoms with E-state index in [-0.39, 0.29) is 15.9 Å². The molecule has 5 nitrogen and oxygen atoms in total. The molecule has 0 saturated carbocycles. The number of nitrogens with zero attached hydrogens (tertiary/aromatic N) is 3. The number of carbonyl (C=O) groups excluding carboxylic acids is 1. The topological polar surface area (TPSA) is 78.7 Å². The molecule has 1 heterocycles. The van der Waals surface area contributed by atoms with E-state index in [1.807, 2.05) is 6.07 Å².